The smallest absolute Gasteiger partial charge is 0.251 e. The Kier molecular flexibility index (Phi) is 5.38. The Morgan fingerprint density at radius 1 is 1.35 bits per heavy atom. The van der Waals surface area contributed by atoms with E-state index in [2.05, 4.69) is 20.6 Å². The second-order valence-electron chi connectivity index (χ2n) is 5.62. The Hall–Kier alpha value is -1.76. The van der Waals surface area contributed by atoms with Crippen molar-refractivity contribution in [3.63, 3.8) is 0 Å². The van der Waals surface area contributed by atoms with Crippen LogP contribution in [0.1, 0.15) is 26.6 Å². The van der Waals surface area contributed by atoms with E-state index in [1.165, 1.54) is 0 Å². The van der Waals surface area contributed by atoms with Gasteiger partial charge in [-0.3, -0.25) is 9.69 Å². The highest BCUT2D eigenvalue weighted by atomic mass is 32.1. The highest BCUT2D eigenvalue weighted by Gasteiger charge is 2.13. The van der Waals surface area contributed by atoms with Crippen LogP contribution in [0.3, 0.4) is 0 Å². The molecule has 0 aliphatic carbocycles. The van der Waals surface area contributed by atoms with Crippen LogP contribution in [-0.2, 0) is 17.8 Å². The van der Waals surface area contributed by atoms with Gasteiger partial charge in [0.15, 0.2) is 0 Å². The van der Waals surface area contributed by atoms with Crippen molar-refractivity contribution in [3.8, 4) is 0 Å². The van der Waals surface area contributed by atoms with Gasteiger partial charge in [-0.15, -0.1) is 11.3 Å². The molecule has 1 aromatic heterocycles. The van der Waals surface area contributed by atoms with Crippen molar-refractivity contribution in [1.82, 2.24) is 15.2 Å². The van der Waals surface area contributed by atoms with Gasteiger partial charge in [-0.1, -0.05) is 18.2 Å². The monoisotopic (exact) mass is 331 g/mol. The zero-order valence-electron chi connectivity index (χ0n) is 13.2. The van der Waals surface area contributed by atoms with Crippen molar-refractivity contribution in [2.75, 3.05) is 26.3 Å². The standard InChI is InChI=1S/C17H21N3O2S/c1-13-4-2-3-5-15(13)17(21)18-10-16-19-14(12-23-16)11-20-6-8-22-9-7-20/h2-5,12H,6-11H2,1H3,(H,18,21). The zero-order chi connectivity index (χ0) is 16.1. The van der Waals surface area contributed by atoms with Gasteiger partial charge in [-0.2, -0.15) is 0 Å². The summed E-state index contributed by atoms with van der Waals surface area (Å²) >= 11 is 1.60. The lowest BCUT2D eigenvalue weighted by Gasteiger charge is -2.25. The van der Waals surface area contributed by atoms with Gasteiger partial charge in [0.2, 0.25) is 0 Å². The van der Waals surface area contributed by atoms with E-state index in [0.29, 0.717) is 6.54 Å². The lowest BCUT2D eigenvalue weighted by molar-refractivity contribution is 0.0337. The first-order chi connectivity index (χ1) is 11.2. The molecule has 0 bridgehead atoms. The molecule has 2 heterocycles. The molecule has 1 saturated heterocycles. The van der Waals surface area contributed by atoms with Crippen molar-refractivity contribution in [3.05, 3.63) is 51.5 Å². The third kappa shape index (κ3) is 4.37. The van der Waals surface area contributed by atoms with Crippen LogP contribution < -0.4 is 5.32 Å². The number of carbonyl (C=O) groups is 1. The molecular formula is C17H21N3O2S. The van der Waals surface area contributed by atoms with Crippen LogP contribution in [-0.4, -0.2) is 42.1 Å². The van der Waals surface area contributed by atoms with Crippen LogP contribution in [0.2, 0.25) is 0 Å². The van der Waals surface area contributed by atoms with E-state index in [1.54, 1.807) is 11.3 Å². The van der Waals surface area contributed by atoms with Crippen LogP contribution in [0.5, 0.6) is 0 Å². The van der Waals surface area contributed by atoms with Crippen LogP contribution in [0.25, 0.3) is 0 Å². The van der Waals surface area contributed by atoms with Gasteiger partial charge >= 0.3 is 0 Å². The van der Waals surface area contributed by atoms with E-state index in [-0.39, 0.29) is 5.91 Å². The Balaban J connectivity index is 1.53. The summed E-state index contributed by atoms with van der Waals surface area (Å²) in [4.78, 5) is 19.2. The number of hydrogen-bond donors (Lipinski definition) is 1. The van der Waals surface area contributed by atoms with Crippen molar-refractivity contribution in [1.29, 1.82) is 0 Å². The van der Waals surface area contributed by atoms with Gasteiger partial charge in [0, 0.05) is 30.6 Å². The summed E-state index contributed by atoms with van der Waals surface area (Å²) in [7, 11) is 0. The molecule has 0 atom stereocenters. The number of aryl methyl sites for hydroxylation is 1. The molecule has 1 amide bonds. The first-order valence-corrected chi connectivity index (χ1v) is 8.67. The van der Waals surface area contributed by atoms with Crippen LogP contribution in [0.4, 0.5) is 0 Å². The molecule has 1 aromatic carbocycles. The number of ether oxygens (including phenoxy) is 1. The highest BCUT2D eigenvalue weighted by Crippen LogP contribution is 2.13. The number of hydrogen-bond acceptors (Lipinski definition) is 5. The minimum Gasteiger partial charge on any atom is -0.379 e. The molecule has 1 aliphatic heterocycles. The van der Waals surface area contributed by atoms with Crippen LogP contribution in [0.15, 0.2) is 29.6 Å². The zero-order valence-corrected chi connectivity index (χ0v) is 14.1. The average molecular weight is 331 g/mol. The number of aromatic nitrogens is 1. The Bertz CT molecular complexity index is 665. The maximum Gasteiger partial charge on any atom is 0.251 e. The fraction of sp³-hybridized carbons (Fsp3) is 0.412. The predicted octanol–water partition coefficient (Wildman–Crippen LogP) is 2.21. The average Bonchev–Trinajstić information content (AvgIpc) is 3.01. The first-order valence-electron chi connectivity index (χ1n) is 7.79. The Morgan fingerprint density at radius 3 is 2.91 bits per heavy atom. The topological polar surface area (TPSA) is 54.5 Å². The molecular weight excluding hydrogens is 310 g/mol. The molecule has 0 unspecified atom stereocenters. The molecule has 3 rings (SSSR count). The van der Waals surface area contributed by atoms with Crippen molar-refractivity contribution in [2.45, 2.75) is 20.0 Å². The molecule has 0 radical (unpaired) electrons. The predicted molar refractivity (Wildman–Crippen MR) is 90.6 cm³/mol. The lowest BCUT2D eigenvalue weighted by atomic mass is 10.1. The normalized spacial score (nSPS) is 15.5. The molecule has 5 nitrogen and oxygen atoms in total. The van der Waals surface area contributed by atoms with Crippen molar-refractivity contribution >= 4 is 17.2 Å². The summed E-state index contributed by atoms with van der Waals surface area (Å²) < 4.78 is 5.35. The van der Waals surface area contributed by atoms with E-state index < -0.39 is 0 Å². The maximum absolute atomic E-state index is 12.2. The highest BCUT2D eigenvalue weighted by molar-refractivity contribution is 7.09. The van der Waals surface area contributed by atoms with E-state index in [4.69, 9.17) is 4.74 Å². The summed E-state index contributed by atoms with van der Waals surface area (Å²) in [6, 6.07) is 7.60. The fourth-order valence-electron chi connectivity index (χ4n) is 2.57. The van der Waals surface area contributed by atoms with Gasteiger partial charge in [0.1, 0.15) is 5.01 Å². The Labute approximate surface area is 140 Å². The summed E-state index contributed by atoms with van der Waals surface area (Å²) in [5.74, 6) is -0.0481. The summed E-state index contributed by atoms with van der Waals surface area (Å²) in [6.07, 6.45) is 0. The van der Waals surface area contributed by atoms with E-state index in [0.717, 1.165) is 54.7 Å². The van der Waals surface area contributed by atoms with E-state index >= 15 is 0 Å². The first kappa shape index (κ1) is 16.1. The number of benzene rings is 1. The number of morpholine rings is 1. The number of amides is 1. The summed E-state index contributed by atoms with van der Waals surface area (Å²) in [5.41, 5.74) is 2.77. The minimum atomic E-state index is -0.0481. The van der Waals surface area contributed by atoms with Crippen molar-refractivity contribution < 1.29 is 9.53 Å². The SMILES string of the molecule is Cc1ccccc1C(=O)NCc1nc(CN2CCOCC2)cs1. The second kappa shape index (κ2) is 7.68. The minimum absolute atomic E-state index is 0.0481. The van der Waals surface area contributed by atoms with Gasteiger partial charge in [0.25, 0.3) is 5.91 Å². The molecule has 2 aromatic rings. The number of nitrogens with zero attached hydrogens (tertiary/aromatic N) is 2. The molecule has 122 valence electrons. The molecule has 1 N–H and O–H groups in total. The van der Waals surface area contributed by atoms with Crippen LogP contribution >= 0.6 is 11.3 Å². The van der Waals surface area contributed by atoms with Gasteiger partial charge in [0.05, 0.1) is 25.5 Å². The fourth-order valence-corrected chi connectivity index (χ4v) is 3.29. The van der Waals surface area contributed by atoms with E-state index in [9.17, 15) is 4.79 Å². The molecule has 1 aliphatic rings. The Morgan fingerprint density at radius 2 is 2.13 bits per heavy atom. The molecule has 6 heteroatoms. The molecule has 1 fully saturated rings. The van der Waals surface area contributed by atoms with Gasteiger partial charge < -0.3 is 10.1 Å². The number of nitrogens with one attached hydrogen (secondary N) is 1. The van der Waals surface area contributed by atoms with Gasteiger partial charge in [-0.25, -0.2) is 4.98 Å². The maximum atomic E-state index is 12.2. The summed E-state index contributed by atoms with van der Waals surface area (Å²) in [5, 5.41) is 5.96. The number of thiazole rings is 1. The third-order valence-electron chi connectivity index (χ3n) is 3.88. The number of rotatable bonds is 5. The second-order valence-corrected chi connectivity index (χ2v) is 6.56. The molecule has 23 heavy (non-hydrogen) atoms. The third-order valence-corrected chi connectivity index (χ3v) is 4.78. The van der Waals surface area contributed by atoms with Crippen molar-refractivity contribution in [2.24, 2.45) is 0 Å². The largest absolute Gasteiger partial charge is 0.379 e. The van der Waals surface area contributed by atoms with E-state index in [1.807, 2.05) is 31.2 Å². The number of carbonyl (C=O) groups excluding carboxylic acids is 1. The molecule has 0 spiro atoms. The lowest BCUT2D eigenvalue weighted by Crippen LogP contribution is -2.35. The quantitative estimate of drug-likeness (QED) is 0.913. The summed E-state index contributed by atoms with van der Waals surface area (Å²) in [6.45, 7) is 6.77. The van der Waals surface area contributed by atoms with Gasteiger partial charge in [-0.05, 0) is 18.6 Å². The molecule has 0 saturated carbocycles. The van der Waals surface area contributed by atoms with Crippen LogP contribution in [0, 0.1) is 6.92 Å².